The normalized spacial score (nSPS) is 14.9. The van der Waals surface area contributed by atoms with Crippen molar-refractivity contribution in [3.05, 3.63) is 82.0 Å². The van der Waals surface area contributed by atoms with Gasteiger partial charge in [0.25, 0.3) is 0 Å². The zero-order chi connectivity index (χ0) is 24.7. The van der Waals surface area contributed by atoms with Gasteiger partial charge in [-0.1, -0.05) is 88.2 Å². The number of rotatable bonds is 9. The van der Waals surface area contributed by atoms with Crippen LogP contribution in [0.25, 0.3) is 0 Å². The Morgan fingerprint density at radius 1 is 1.09 bits per heavy atom. The first kappa shape index (κ1) is 29.9. The first-order valence-electron chi connectivity index (χ1n) is 11.4. The van der Waals surface area contributed by atoms with Crippen LogP contribution in [0.4, 0.5) is 0 Å². The van der Waals surface area contributed by atoms with Gasteiger partial charge in [-0.15, -0.1) is 5.47 Å². The molecule has 1 rings (SSSR count). The molecule has 0 aromatic heterocycles. The molecule has 0 saturated carbocycles. The summed E-state index contributed by atoms with van der Waals surface area (Å²) < 4.78 is 0. The van der Waals surface area contributed by atoms with Gasteiger partial charge in [-0.3, -0.25) is 0 Å². The van der Waals surface area contributed by atoms with Crippen molar-refractivity contribution in [3.63, 3.8) is 0 Å². The monoisotopic (exact) mass is 450 g/mol. The zero-order valence-corrected chi connectivity index (χ0v) is 22.0. The van der Waals surface area contributed by atoms with E-state index in [1.54, 1.807) is 13.8 Å². The van der Waals surface area contributed by atoms with Crippen molar-refractivity contribution in [2.45, 2.75) is 74.7 Å². The van der Waals surface area contributed by atoms with Gasteiger partial charge in [-0.25, -0.2) is 4.99 Å². The highest BCUT2D eigenvalue weighted by molar-refractivity contribution is 6.64. The van der Waals surface area contributed by atoms with Crippen LogP contribution in [-0.4, -0.2) is 18.7 Å². The summed E-state index contributed by atoms with van der Waals surface area (Å²) in [7, 11) is 5.94. The predicted octanol–water partition coefficient (Wildman–Crippen LogP) is 8.59. The third kappa shape index (κ3) is 12.7. The third-order valence-electron chi connectivity index (χ3n) is 4.98. The van der Waals surface area contributed by atoms with Crippen molar-refractivity contribution in [2.75, 3.05) is 0 Å². The van der Waals surface area contributed by atoms with E-state index in [0.29, 0.717) is 16.4 Å². The maximum atomic E-state index is 7.94. The molecule has 0 bridgehead atoms. The van der Waals surface area contributed by atoms with Gasteiger partial charge in [-0.05, 0) is 74.8 Å². The van der Waals surface area contributed by atoms with Gasteiger partial charge in [-0.2, -0.15) is 0 Å². The molecule has 0 saturated heterocycles. The Morgan fingerprint density at radius 2 is 1.69 bits per heavy atom. The molecule has 1 N–H and O–H groups in total. The molecule has 1 unspecified atom stereocenters. The molecular formula is C28H40BClN2. The van der Waals surface area contributed by atoms with Gasteiger partial charge in [0.1, 0.15) is 13.0 Å². The summed E-state index contributed by atoms with van der Waals surface area (Å²) in [5.74, 6) is 0.817. The highest BCUT2D eigenvalue weighted by Crippen LogP contribution is 2.21. The van der Waals surface area contributed by atoms with E-state index in [1.807, 2.05) is 32.9 Å². The number of allylic oxidation sites excluding steroid dienone is 8. The lowest BCUT2D eigenvalue weighted by atomic mass is 9.85. The van der Waals surface area contributed by atoms with Crippen LogP contribution in [0.1, 0.15) is 73.8 Å². The van der Waals surface area contributed by atoms with Gasteiger partial charge in [0, 0.05) is 11.4 Å². The molecule has 0 heterocycles. The largest absolute Gasteiger partial charge is 0.305 e. The summed E-state index contributed by atoms with van der Waals surface area (Å²) in [6, 6.07) is 10.7. The van der Waals surface area contributed by atoms with Crippen molar-refractivity contribution < 1.29 is 0 Å². The number of hydrogen-bond donors (Lipinski definition) is 1. The van der Waals surface area contributed by atoms with Crippen molar-refractivity contribution in [1.29, 1.82) is 5.41 Å². The average molecular weight is 451 g/mol. The van der Waals surface area contributed by atoms with Crippen LogP contribution in [-0.2, 0) is 6.42 Å². The van der Waals surface area contributed by atoms with Gasteiger partial charge < -0.3 is 5.41 Å². The predicted molar refractivity (Wildman–Crippen MR) is 146 cm³/mol. The van der Waals surface area contributed by atoms with E-state index >= 15 is 0 Å². The number of aliphatic imine (C=N–C) groups is 1. The molecular weight excluding hydrogens is 411 g/mol. The van der Waals surface area contributed by atoms with E-state index < -0.39 is 0 Å². The Morgan fingerprint density at radius 3 is 2.12 bits per heavy atom. The quantitative estimate of drug-likeness (QED) is 0.222. The Kier molecular flexibility index (Phi) is 15.4. The third-order valence-corrected chi connectivity index (χ3v) is 5.06. The molecule has 4 heteroatoms. The molecule has 1 aromatic rings. The molecule has 0 aliphatic rings. The minimum absolute atomic E-state index is 0.449. The molecule has 0 fully saturated rings. The maximum Gasteiger partial charge on any atom is 0.108 e. The van der Waals surface area contributed by atoms with Gasteiger partial charge in [0.2, 0.25) is 0 Å². The first-order chi connectivity index (χ1) is 15.0. The number of halogens is 1. The molecule has 0 aliphatic heterocycles. The molecule has 0 aliphatic carbocycles. The highest BCUT2D eigenvalue weighted by Gasteiger charge is 2.07. The van der Waals surface area contributed by atoms with E-state index in [0.717, 1.165) is 34.8 Å². The fourth-order valence-corrected chi connectivity index (χ4v) is 3.13. The minimum atomic E-state index is 0.449. The van der Waals surface area contributed by atoms with Crippen LogP contribution < -0.4 is 0 Å². The Bertz CT molecular complexity index is 866. The molecule has 32 heavy (non-hydrogen) atoms. The van der Waals surface area contributed by atoms with Crippen LogP contribution >= 0.6 is 11.6 Å². The summed E-state index contributed by atoms with van der Waals surface area (Å²) in [6.45, 7) is 15.8. The number of benzene rings is 1. The summed E-state index contributed by atoms with van der Waals surface area (Å²) in [4.78, 5) is 4.25. The lowest BCUT2D eigenvalue weighted by Crippen LogP contribution is -2.02. The lowest BCUT2D eigenvalue weighted by Gasteiger charge is -2.11. The van der Waals surface area contributed by atoms with Gasteiger partial charge in [0.05, 0.1) is 0 Å². The topological polar surface area (TPSA) is 36.2 Å². The van der Waals surface area contributed by atoms with Gasteiger partial charge >= 0.3 is 0 Å². The molecule has 2 radical (unpaired) electrons. The number of nitrogens with zero attached hydrogens (tertiary/aromatic N) is 1. The van der Waals surface area contributed by atoms with Crippen LogP contribution in [0.2, 0.25) is 0 Å². The molecule has 2 nitrogen and oxygen atoms in total. The Labute approximate surface area is 203 Å². The summed E-state index contributed by atoms with van der Waals surface area (Å²) in [6.07, 6.45) is 9.46. The lowest BCUT2D eigenvalue weighted by molar-refractivity contribution is 0.560. The fourth-order valence-electron chi connectivity index (χ4n) is 3.01. The standard InChI is InChI=1S/C17H24BClN2.C11H16/c1-7-8-9-16(17(12(3)18)13(4)20)10-11(2)14(5)21-15(6)19;1-3-10(2)9-11-7-5-4-6-8-11/h8-10,20H,7H2,1-6H3;4-8,10H,3,9H2,1-2H3/b9-8+,14-11+,16-10+,17-12+,20-13?,21-15?;. The molecule has 0 amide bonds. The minimum Gasteiger partial charge on any atom is -0.305 e. The average Bonchev–Trinajstić information content (AvgIpc) is 2.72. The van der Waals surface area contributed by atoms with E-state index in [1.165, 1.54) is 18.4 Å². The first-order valence-corrected chi connectivity index (χ1v) is 11.7. The van der Waals surface area contributed by atoms with E-state index in [4.69, 9.17) is 24.9 Å². The van der Waals surface area contributed by atoms with Crippen LogP contribution in [0, 0.1) is 11.3 Å². The van der Waals surface area contributed by atoms with Crippen molar-refractivity contribution in [3.8, 4) is 0 Å². The van der Waals surface area contributed by atoms with Crippen LogP contribution in [0.15, 0.2) is 81.4 Å². The van der Waals surface area contributed by atoms with Crippen LogP contribution in [0.3, 0.4) is 0 Å². The van der Waals surface area contributed by atoms with E-state index in [9.17, 15) is 0 Å². The fraction of sp³-hybridized carbons (Fsp3) is 0.429. The van der Waals surface area contributed by atoms with Crippen molar-refractivity contribution in [1.82, 2.24) is 0 Å². The molecule has 1 atom stereocenters. The second-order valence-electron chi connectivity index (χ2n) is 8.17. The highest BCUT2D eigenvalue weighted by atomic mass is 35.5. The van der Waals surface area contributed by atoms with E-state index in [-0.39, 0.29) is 0 Å². The Balaban J connectivity index is 0.000000726. The Hall–Kier alpha value is -2.13. The van der Waals surface area contributed by atoms with Crippen molar-refractivity contribution in [2.24, 2.45) is 10.9 Å². The SMILES string of the molecule is CCC(C)Cc1ccccc1.[B]/C(C)=C(C(C)=N)/C(/C=C/CC)=C/C(C)=C(\C)N=C(C)Cl. The summed E-state index contributed by atoms with van der Waals surface area (Å²) in [5.41, 5.74) is 6.07. The smallest absolute Gasteiger partial charge is 0.108 e. The van der Waals surface area contributed by atoms with Crippen molar-refractivity contribution >= 4 is 30.3 Å². The summed E-state index contributed by atoms with van der Waals surface area (Å²) >= 11 is 5.82. The molecule has 172 valence electrons. The number of nitrogens with one attached hydrogen (secondary N) is 1. The number of hydrogen-bond acceptors (Lipinski definition) is 2. The molecule has 1 aromatic carbocycles. The second kappa shape index (κ2) is 16.5. The summed E-state index contributed by atoms with van der Waals surface area (Å²) in [5, 5.41) is 8.44. The maximum absolute atomic E-state index is 7.94. The van der Waals surface area contributed by atoms with Gasteiger partial charge in [0.15, 0.2) is 0 Å². The zero-order valence-electron chi connectivity index (χ0n) is 21.2. The van der Waals surface area contributed by atoms with E-state index in [2.05, 4.69) is 62.2 Å². The second-order valence-corrected chi connectivity index (χ2v) is 8.72. The van der Waals surface area contributed by atoms with Crippen LogP contribution in [0.5, 0.6) is 0 Å². The molecule has 0 spiro atoms.